The number of nitrogens with one attached hydrogen (secondary N) is 2. The van der Waals surface area contributed by atoms with Crippen LogP contribution in [0.2, 0.25) is 0 Å². The van der Waals surface area contributed by atoms with E-state index in [9.17, 15) is 17.6 Å². The third kappa shape index (κ3) is 4.61. The van der Waals surface area contributed by atoms with Crippen LogP contribution in [0.5, 0.6) is 0 Å². The van der Waals surface area contributed by atoms with Gasteiger partial charge in [-0.2, -0.15) is 0 Å². The third-order valence-corrected chi connectivity index (χ3v) is 6.03. The second-order valence-electron chi connectivity index (χ2n) is 6.86. The van der Waals surface area contributed by atoms with Gasteiger partial charge >= 0.3 is 0 Å². The Hall–Kier alpha value is -3.76. The number of rotatable bonds is 7. The van der Waals surface area contributed by atoms with Gasteiger partial charge in [0, 0.05) is 11.3 Å². The minimum Gasteiger partial charge on any atom is -0.468 e. The highest BCUT2D eigenvalue weighted by atomic mass is 32.2. The van der Waals surface area contributed by atoms with Crippen LogP contribution < -0.4 is 10.0 Å². The number of amides is 1. The normalized spacial score (nSPS) is 11.4. The van der Waals surface area contributed by atoms with Crippen LogP contribution in [-0.4, -0.2) is 19.5 Å². The zero-order valence-corrected chi connectivity index (χ0v) is 17.6. The molecule has 0 aliphatic rings. The zero-order chi connectivity index (χ0) is 22.7. The summed E-state index contributed by atoms with van der Waals surface area (Å²) in [5.74, 6) is -0.222. The fraction of sp³-hybridized carbons (Fsp3) is 0.0909. The van der Waals surface area contributed by atoms with Crippen molar-refractivity contribution in [2.45, 2.75) is 18.4 Å². The molecule has 0 unspecified atom stereocenters. The molecule has 0 bridgehead atoms. The highest BCUT2D eigenvalue weighted by Gasteiger charge is 2.22. The molecule has 0 saturated carbocycles. The molecule has 4 rings (SSSR count). The van der Waals surface area contributed by atoms with E-state index in [1.807, 2.05) is 0 Å². The molecular weight excluding hydrogens is 437 g/mol. The number of carbonyl (C=O) groups is 1. The van der Waals surface area contributed by atoms with E-state index in [-0.39, 0.29) is 34.1 Å². The molecule has 8 nitrogen and oxygen atoms in total. The Labute approximate surface area is 183 Å². The first-order chi connectivity index (χ1) is 15.3. The van der Waals surface area contributed by atoms with Crippen molar-refractivity contribution in [2.75, 3.05) is 5.32 Å². The molecule has 32 heavy (non-hydrogen) atoms. The van der Waals surface area contributed by atoms with E-state index >= 15 is 0 Å². The first-order valence-electron chi connectivity index (χ1n) is 9.49. The summed E-state index contributed by atoms with van der Waals surface area (Å²) in [4.78, 5) is 12.9. The van der Waals surface area contributed by atoms with Crippen molar-refractivity contribution in [1.29, 1.82) is 0 Å². The van der Waals surface area contributed by atoms with Crippen molar-refractivity contribution >= 4 is 21.6 Å². The van der Waals surface area contributed by atoms with E-state index < -0.39 is 21.7 Å². The molecule has 0 atom stereocenters. The molecule has 2 heterocycles. The SMILES string of the molecule is Cc1onc(-c2ccc(F)cc2)c1C(=O)Nc1cccc(S(=O)(=O)NCc2ccco2)c1. The lowest BCUT2D eigenvalue weighted by atomic mass is 10.1. The van der Waals surface area contributed by atoms with Crippen LogP contribution >= 0.6 is 0 Å². The lowest BCUT2D eigenvalue weighted by molar-refractivity contribution is 0.102. The third-order valence-electron chi connectivity index (χ3n) is 4.63. The number of sulfonamides is 1. The quantitative estimate of drug-likeness (QED) is 0.433. The number of aromatic nitrogens is 1. The summed E-state index contributed by atoms with van der Waals surface area (Å²) in [7, 11) is -3.84. The molecule has 4 aromatic rings. The van der Waals surface area contributed by atoms with Crippen molar-refractivity contribution < 1.29 is 26.5 Å². The average Bonchev–Trinajstić information content (AvgIpc) is 3.43. The van der Waals surface area contributed by atoms with Gasteiger partial charge in [-0.15, -0.1) is 0 Å². The van der Waals surface area contributed by atoms with Crippen LogP contribution in [0.25, 0.3) is 11.3 Å². The summed E-state index contributed by atoms with van der Waals surface area (Å²) >= 11 is 0. The van der Waals surface area contributed by atoms with Gasteiger partial charge in [0.05, 0.1) is 17.7 Å². The summed E-state index contributed by atoms with van der Waals surface area (Å²) in [6.07, 6.45) is 1.45. The smallest absolute Gasteiger partial charge is 0.261 e. The van der Waals surface area contributed by atoms with Gasteiger partial charge in [-0.25, -0.2) is 17.5 Å². The monoisotopic (exact) mass is 455 g/mol. The Morgan fingerprint density at radius 1 is 1.09 bits per heavy atom. The van der Waals surface area contributed by atoms with E-state index in [2.05, 4.69) is 15.2 Å². The summed E-state index contributed by atoms with van der Waals surface area (Å²) < 4.78 is 51.2. The number of carbonyl (C=O) groups excluding carboxylic acids is 1. The van der Waals surface area contributed by atoms with Crippen LogP contribution in [-0.2, 0) is 16.6 Å². The Morgan fingerprint density at radius 3 is 2.59 bits per heavy atom. The first kappa shape index (κ1) is 21.5. The van der Waals surface area contributed by atoms with Crippen LogP contribution in [0.3, 0.4) is 0 Å². The Kier molecular flexibility index (Phi) is 5.89. The van der Waals surface area contributed by atoms with Gasteiger partial charge in [0.2, 0.25) is 10.0 Å². The number of benzene rings is 2. The maximum atomic E-state index is 13.2. The van der Waals surface area contributed by atoms with Crippen molar-refractivity contribution in [3.8, 4) is 11.3 Å². The molecule has 0 radical (unpaired) electrons. The first-order valence-corrected chi connectivity index (χ1v) is 11.0. The number of furan rings is 1. The van der Waals surface area contributed by atoms with E-state index in [0.717, 1.165) is 0 Å². The van der Waals surface area contributed by atoms with Gasteiger partial charge in [0.25, 0.3) is 5.91 Å². The summed E-state index contributed by atoms with van der Waals surface area (Å²) in [6, 6.07) is 14.6. The lowest BCUT2D eigenvalue weighted by Gasteiger charge is -2.09. The zero-order valence-electron chi connectivity index (χ0n) is 16.8. The van der Waals surface area contributed by atoms with Crippen molar-refractivity contribution in [3.63, 3.8) is 0 Å². The van der Waals surface area contributed by atoms with Gasteiger partial charge in [0.15, 0.2) is 0 Å². The van der Waals surface area contributed by atoms with E-state index in [0.29, 0.717) is 11.3 Å². The van der Waals surface area contributed by atoms with Crippen LogP contribution in [0, 0.1) is 12.7 Å². The molecule has 2 aromatic heterocycles. The standard InChI is InChI=1S/C22H18FN3O5S/c1-14-20(21(26-31-14)15-7-9-16(23)10-8-15)22(27)25-17-4-2-6-19(12-17)32(28,29)24-13-18-5-3-11-30-18/h2-12,24H,13H2,1H3,(H,25,27). The molecule has 2 N–H and O–H groups in total. The fourth-order valence-corrected chi connectivity index (χ4v) is 4.08. The van der Waals surface area contributed by atoms with E-state index in [1.54, 1.807) is 25.1 Å². The Morgan fingerprint density at radius 2 is 1.88 bits per heavy atom. The van der Waals surface area contributed by atoms with Crippen molar-refractivity contribution in [3.05, 3.63) is 89.8 Å². The fourth-order valence-electron chi connectivity index (χ4n) is 3.04. The largest absolute Gasteiger partial charge is 0.468 e. The Balaban J connectivity index is 1.55. The van der Waals surface area contributed by atoms with Gasteiger partial charge in [-0.3, -0.25) is 4.79 Å². The summed E-state index contributed by atoms with van der Waals surface area (Å²) in [6.45, 7) is 1.57. The molecule has 10 heteroatoms. The molecule has 0 spiro atoms. The number of nitrogens with zero attached hydrogens (tertiary/aromatic N) is 1. The maximum absolute atomic E-state index is 13.2. The Bertz CT molecular complexity index is 1350. The predicted octanol–water partition coefficient (Wildman–Crippen LogP) is 4.11. The molecule has 0 aliphatic carbocycles. The maximum Gasteiger partial charge on any atom is 0.261 e. The number of halogens is 1. The number of aryl methyl sites for hydroxylation is 1. The van der Waals surface area contributed by atoms with Crippen LogP contribution in [0.4, 0.5) is 10.1 Å². The minimum atomic E-state index is -3.84. The molecule has 0 fully saturated rings. The molecule has 0 saturated heterocycles. The summed E-state index contributed by atoms with van der Waals surface area (Å²) in [5, 5.41) is 6.58. The molecule has 164 valence electrons. The highest BCUT2D eigenvalue weighted by Crippen LogP contribution is 2.27. The second-order valence-corrected chi connectivity index (χ2v) is 8.62. The van der Waals surface area contributed by atoms with Crippen molar-refractivity contribution in [2.24, 2.45) is 0 Å². The number of hydrogen-bond donors (Lipinski definition) is 2. The highest BCUT2D eigenvalue weighted by molar-refractivity contribution is 7.89. The minimum absolute atomic E-state index is 0.00711. The van der Waals surface area contributed by atoms with Crippen LogP contribution in [0.15, 0.2) is 80.8 Å². The average molecular weight is 455 g/mol. The summed E-state index contributed by atoms with van der Waals surface area (Å²) in [5.41, 5.74) is 1.19. The van der Waals surface area contributed by atoms with E-state index in [1.165, 1.54) is 48.7 Å². The molecule has 0 aliphatic heterocycles. The van der Waals surface area contributed by atoms with E-state index in [4.69, 9.17) is 8.94 Å². The molecule has 1 amide bonds. The van der Waals surface area contributed by atoms with Gasteiger partial charge in [-0.05, 0) is 61.5 Å². The molecule has 2 aromatic carbocycles. The predicted molar refractivity (Wildman–Crippen MR) is 114 cm³/mol. The van der Waals surface area contributed by atoms with Gasteiger partial charge < -0.3 is 14.3 Å². The second kappa shape index (κ2) is 8.77. The lowest BCUT2D eigenvalue weighted by Crippen LogP contribution is -2.23. The van der Waals surface area contributed by atoms with Crippen LogP contribution in [0.1, 0.15) is 21.9 Å². The number of hydrogen-bond acceptors (Lipinski definition) is 6. The van der Waals surface area contributed by atoms with Crippen molar-refractivity contribution in [1.82, 2.24) is 9.88 Å². The van der Waals surface area contributed by atoms with Gasteiger partial charge in [-0.1, -0.05) is 11.2 Å². The molecular formula is C22H18FN3O5S. The topological polar surface area (TPSA) is 114 Å². The number of anilines is 1. The van der Waals surface area contributed by atoms with Gasteiger partial charge in [0.1, 0.15) is 28.6 Å².